The van der Waals surface area contributed by atoms with Crippen molar-refractivity contribution in [3.63, 3.8) is 0 Å². The van der Waals surface area contributed by atoms with Gasteiger partial charge in [-0.15, -0.1) is 32.9 Å². The molecule has 2 aliphatic heterocycles. The van der Waals surface area contributed by atoms with Gasteiger partial charge in [-0.05, 0) is 81.2 Å². The fraction of sp³-hybridized carbons (Fsp3) is 0.415. The van der Waals surface area contributed by atoms with Crippen LogP contribution in [0.1, 0.15) is 110 Å². The second-order valence-electron chi connectivity index (χ2n) is 19.9. The first-order valence-corrected chi connectivity index (χ1v) is 25.6. The lowest BCUT2D eigenvalue weighted by Gasteiger charge is -2.39. The van der Waals surface area contributed by atoms with Crippen molar-refractivity contribution in [3.05, 3.63) is 117 Å². The normalized spacial score (nSPS) is 20.4. The maximum Gasteiger partial charge on any atom is 0.308 e. The third-order valence-electron chi connectivity index (χ3n) is 13.8. The molecule has 2 aromatic carbocycles. The number of fused-ring (bicyclic) bond motifs is 3. The van der Waals surface area contributed by atoms with Crippen LogP contribution < -0.4 is 15.4 Å². The van der Waals surface area contributed by atoms with Gasteiger partial charge in [0.15, 0.2) is 5.82 Å². The van der Waals surface area contributed by atoms with Gasteiger partial charge >= 0.3 is 5.97 Å². The van der Waals surface area contributed by atoms with E-state index in [9.17, 15) is 24.3 Å². The Bertz CT molecular complexity index is 3000. The first-order valence-electron chi connectivity index (χ1n) is 23.9. The molecule has 2 fully saturated rings. The van der Waals surface area contributed by atoms with Gasteiger partial charge in [0.1, 0.15) is 35.1 Å². The van der Waals surface area contributed by atoms with Gasteiger partial charge in [-0.1, -0.05) is 69.3 Å². The van der Waals surface area contributed by atoms with Crippen molar-refractivity contribution in [2.45, 2.75) is 117 Å². The van der Waals surface area contributed by atoms with Crippen LogP contribution in [0.15, 0.2) is 77.4 Å². The predicted molar refractivity (Wildman–Crippen MR) is 272 cm³/mol. The maximum atomic E-state index is 14.3. The second kappa shape index (κ2) is 19.9. The molecule has 370 valence electrons. The number of benzene rings is 2. The molecule has 6 heterocycles. The number of rotatable bonds is 13. The number of nitrogens with one attached hydrogen (secondary N) is 2. The topological polar surface area (TPSA) is 203 Å². The molecule has 3 amide bonds. The van der Waals surface area contributed by atoms with Crippen molar-refractivity contribution >= 4 is 52.1 Å². The van der Waals surface area contributed by atoms with Crippen molar-refractivity contribution in [2.24, 2.45) is 16.3 Å². The van der Waals surface area contributed by atoms with Gasteiger partial charge in [-0.25, -0.2) is 9.97 Å². The number of methoxy groups -OCH3 is 1. The smallest absolute Gasteiger partial charge is 0.308 e. The molecule has 3 N–H and O–H groups in total. The number of aliphatic hydroxyl groups is 1. The summed E-state index contributed by atoms with van der Waals surface area (Å²) in [5.41, 5.74) is 9.64. The van der Waals surface area contributed by atoms with Crippen LogP contribution in [0.5, 0.6) is 5.88 Å². The number of pyridine rings is 1. The molecule has 71 heavy (non-hydrogen) atoms. The average Bonchev–Trinajstić information content (AvgIpc) is 4.10. The Labute approximate surface area is 421 Å². The summed E-state index contributed by atoms with van der Waals surface area (Å²) in [7, 11) is 1.37. The summed E-state index contributed by atoms with van der Waals surface area (Å²) in [6.45, 7) is 15.6. The SMILES string of the molecule is COC(=O)C[C@@H]1N=C(c2ccc(-c3ccc(O[C@H]4C[C@@H](C(=O)N[C@H](C(=O)N5C[C@H](O)C[C@H]5C(=O)N[C@@H](C)c5ccc(-c6scnc6C)cc5)C(C)(C)C)C4)nc3)cc2)c2c(sc(C)c2C)-n2c(C)nnc21. The molecule has 6 aromatic rings. The number of thiazole rings is 1. The zero-order valence-electron chi connectivity index (χ0n) is 41.3. The van der Waals surface area contributed by atoms with Crippen LogP contribution in [-0.2, 0) is 23.9 Å². The number of amides is 3. The van der Waals surface area contributed by atoms with Gasteiger partial charge in [0.2, 0.25) is 23.6 Å². The summed E-state index contributed by atoms with van der Waals surface area (Å²) < 4.78 is 13.2. The van der Waals surface area contributed by atoms with E-state index in [2.05, 4.69) is 44.6 Å². The zero-order valence-corrected chi connectivity index (χ0v) is 43.0. The third-order valence-corrected chi connectivity index (χ3v) is 16.0. The van der Waals surface area contributed by atoms with E-state index in [0.29, 0.717) is 24.5 Å². The molecular formula is C53H59N9O7S2. The molecule has 5 atom stereocenters. The van der Waals surface area contributed by atoms with Gasteiger partial charge < -0.3 is 30.1 Å². The number of hydrogen-bond acceptors (Lipinski definition) is 14. The Hall–Kier alpha value is -6.63. The van der Waals surface area contributed by atoms with E-state index < -0.39 is 35.6 Å². The molecule has 3 aliphatic rings. The highest BCUT2D eigenvalue weighted by Crippen LogP contribution is 2.40. The van der Waals surface area contributed by atoms with Gasteiger partial charge in [0.25, 0.3) is 0 Å². The molecule has 16 nitrogen and oxygen atoms in total. The van der Waals surface area contributed by atoms with Crippen molar-refractivity contribution in [1.29, 1.82) is 0 Å². The third kappa shape index (κ3) is 10.0. The number of nitrogens with zero attached hydrogens (tertiary/aromatic N) is 7. The number of aliphatic imine (C=N–C) groups is 1. The molecule has 0 spiro atoms. The maximum absolute atomic E-state index is 14.3. The van der Waals surface area contributed by atoms with Crippen molar-refractivity contribution in [3.8, 4) is 32.4 Å². The molecule has 1 saturated carbocycles. The number of aliphatic hydroxyl groups excluding tert-OH is 1. The highest BCUT2D eigenvalue weighted by Gasteiger charge is 2.46. The Morgan fingerprint density at radius 1 is 0.859 bits per heavy atom. The molecule has 9 rings (SSSR count). The van der Waals surface area contributed by atoms with Crippen LogP contribution in [0, 0.1) is 39.0 Å². The quantitative estimate of drug-likeness (QED) is 0.0956. The number of carbonyl (C=O) groups is 4. The minimum Gasteiger partial charge on any atom is -0.474 e. The fourth-order valence-corrected chi connectivity index (χ4v) is 11.6. The van der Waals surface area contributed by atoms with E-state index in [1.165, 1.54) is 12.0 Å². The van der Waals surface area contributed by atoms with Crippen LogP contribution >= 0.6 is 22.7 Å². The van der Waals surface area contributed by atoms with Gasteiger partial charge in [-0.3, -0.25) is 28.7 Å². The monoisotopic (exact) mass is 997 g/mol. The fourth-order valence-electron chi connectivity index (χ4n) is 9.53. The number of thiophene rings is 1. The zero-order chi connectivity index (χ0) is 50.5. The largest absolute Gasteiger partial charge is 0.474 e. The minimum absolute atomic E-state index is 0.00923. The van der Waals surface area contributed by atoms with E-state index in [1.807, 2.05) is 112 Å². The molecule has 4 aromatic heterocycles. The molecular weight excluding hydrogens is 939 g/mol. The average molecular weight is 998 g/mol. The summed E-state index contributed by atoms with van der Waals surface area (Å²) >= 11 is 3.23. The number of carbonyl (C=O) groups excluding carboxylic acids is 4. The molecule has 18 heteroatoms. The summed E-state index contributed by atoms with van der Waals surface area (Å²) in [5.74, 6) is -0.0309. The molecule has 0 radical (unpaired) electrons. The number of esters is 1. The summed E-state index contributed by atoms with van der Waals surface area (Å²) in [6.07, 6.45) is 1.66. The first kappa shape index (κ1) is 49.4. The summed E-state index contributed by atoms with van der Waals surface area (Å²) in [5, 5.41) is 26.6. The van der Waals surface area contributed by atoms with E-state index >= 15 is 0 Å². The van der Waals surface area contributed by atoms with E-state index in [4.69, 9.17) is 14.5 Å². The van der Waals surface area contributed by atoms with Crippen LogP contribution in [0.25, 0.3) is 26.6 Å². The number of ether oxygens (including phenoxy) is 2. The Morgan fingerprint density at radius 3 is 2.20 bits per heavy atom. The van der Waals surface area contributed by atoms with E-state index in [1.54, 1.807) is 28.9 Å². The number of β-amino-alcohol motifs (C(OH)–C–C–N with tert-alkyl or cyclic N) is 1. The lowest BCUT2D eigenvalue weighted by Crippen LogP contribution is -2.59. The lowest BCUT2D eigenvalue weighted by atomic mass is 9.80. The highest BCUT2D eigenvalue weighted by atomic mass is 32.1. The molecule has 0 unspecified atom stereocenters. The predicted octanol–water partition coefficient (Wildman–Crippen LogP) is 7.73. The first-order chi connectivity index (χ1) is 33.9. The Balaban J connectivity index is 0.806. The number of hydrogen-bond donors (Lipinski definition) is 3. The van der Waals surface area contributed by atoms with Crippen molar-refractivity contribution in [2.75, 3.05) is 13.7 Å². The van der Waals surface area contributed by atoms with Crippen molar-refractivity contribution in [1.82, 2.24) is 40.3 Å². The van der Waals surface area contributed by atoms with Gasteiger partial charge in [0, 0.05) is 52.7 Å². The molecule has 1 aliphatic carbocycles. The number of aromatic nitrogens is 5. The standard InChI is InChI=1S/C53H59N9O7S2/c1-27-30(4)71-52-44(27)45(57-40(23-43(64)68-9)48-60-59-31(5)62(48)52)34-14-12-33(13-15-34)36-18-19-42(54-24-36)69-39-20-37(21-39)49(65)58-47(53(6,7)8)51(67)61-25-38(63)22-41(61)50(66)56-28(2)32-10-16-35(17-11-32)46-29(3)55-26-70-46/h10-19,24,26,28,37-41,47,63H,20-23,25H2,1-9H3,(H,56,66)(H,58,65)/t28-,37-,38+,39+,40-,41-,47+/m0/s1. The Morgan fingerprint density at radius 2 is 1.55 bits per heavy atom. The number of likely N-dealkylation sites (tertiary alicyclic amines) is 1. The van der Waals surface area contributed by atoms with E-state index in [-0.39, 0.29) is 55.2 Å². The molecule has 1 saturated heterocycles. The minimum atomic E-state index is -0.934. The van der Waals surface area contributed by atoms with Gasteiger partial charge in [0.05, 0.1) is 47.5 Å². The second-order valence-corrected chi connectivity index (χ2v) is 21.9. The molecule has 0 bridgehead atoms. The van der Waals surface area contributed by atoms with Crippen LogP contribution in [0.4, 0.5) is 0 Å². The lowest BCUT2D eigenvalue weighted by molar-refractivity contribution is -0.145. The van der Waals surface area contributed by atoms with Crippen LogP contribution in [-0.4, -0.2) is 102 Å². The van der Waals surface area contributed by atoms with Crippen LogP contribution in [0.3, 0.4) is 0 Å². The summed E-state index contributed by atoms with van der Waals surface area (Å²) in [4.78, 5) is 72.1. The van der Waals surface area contributed by atoms with Gasteiger partial charge in [-0.2, -0.15) is 0 Å². The van der Waals surface area contributed by atoms with Crippen LogP contribution in [0.2, 0.25) is 0 Å². The highest BCUT2D eigenvalue weighted by molar-refractivity contribution is 7.15. The Kier molecular flexibility index (Phi) is 13.8. The van der Waals surface area contributed by atoms with E-state index in [0.717, 1.165) is 70.9 Å². The number of aryl methyl sites for hydroxylation is 3. The summed E-state index contributed by atoms with van der Waals surface area (Å²) in [6, 6.07) is 17.1. The van der Waals surface area contributed by atoms with Crippen molar-refractivity contribution < 1.29 is 33.8 Å².